The Morgan fingerprint density at radius 1 is 1.26 bits per heavy atom. The molecule has 0 atom stereocenters. The summed E-state index contributed by atoms with van der Waals surface area (Å²) in [5.74, 6) is -0.926. The Balaban J connectivity index is 2.47. The first-order valence-electron chi connectivity index (χ1n) is 6.34. The number of rotatable bonds is 7. The molecular formula is C12H20N2O5. The molecule has 7 heteroatoms. The van der Waals surface area contributed by atoms with Crippen molar-refractivity contribution in [1.82, 2.24) is 10.2 Å². The summed E-state index contributed by atoms with van der Waals surface area (Å²) in [5.41, 5.74) is -1.05. The molecule has 0 aliphatic carbocycles. The number of carbonyl (C=O) groups excluding carboxylic acids is 3. The van der Waals surface area contributed by atoms with E-state index in [9.17, 15) is 24.6 Å². The maximum Gasteiger partial charge on any atom is 0.229 e. The summed E-state index contributed by atoms with van der Waals surface area (Å²) in [4.78, 5) is 35.5. The van der Waals surface area contributed by atoms with Gasteiger partial charge in [0, 0.05) is 25.8 Å². The Hall–Kier alpha value is -1.47. The number of aliphatic hydroxyl groups is 2. The molecule has 1 saturated heterocycles. The van der Waals surface area contributed by atoms with Crippen molar-refractivity contribution >= 4 is 17.7 Å². The Morgan fingerprint density at radius 3 is 2.21 bits per heavy atom. The molecule has 108 valence electrons. The van der Waals surface area contributed by atoms with Gasteiger partial charge in [-0.05, 0) is 6.42 Å². The van der Waals surface area contributed by atoms with E-state index in [0.717, 1.165) is 4.90 Å². The van der Waals surface area contributed by atoms with Crippen molar-refractivity contribution in [3.63, 3.8) is 0 Å². The topological polar surface area (TPSA) is 107 Å². The lowest BCUT2D eigenvalue weighted by Gasteiger charge is -2.29. The van der Waals surface area contributed by atoms with Crippen LogP contribution < -0.4 is 5.32 Å². The lowest BCUT2D eigenvalue weighted by atomic mass is 9.98. The van der Waals surface area contributed by atoms with Gasteiger partial charge in [-0.2, -0.15) is 0 Å². The predicted octanol–water partition coefficient (Wildman–Crippen LogP) is -1.22. The van der Waals surface area contributed by atoms with Crippen LogP contribution in [0.1, 0.15) is 32.6 Å². The normalized spacial score (nSPS) is 16.1. The predicted molar refractivity (Wildman–Crippen MR) is 65.9 cm³/mol. The largest absolute Gasteiger partial charge is 0.394 e. The molecule has 0 aromatic rings. The Bertz CT molecular complexity index is 341. The van der Waals surface area contributed by atoms with E-state index < -0.39 is 11.4 Å². The van der Waals surface area contributed by atoms with Crippen LogP contribution in [-0.4, -0.2) is 58.1 Å². The number of hydrogen-bond donors (Lipinski definition) is 3. The van der Waals surface area contributed by atoms with E-state index in [2.05, 4.69) is 5.32 Å². The second-order valence-corrected chi connectivity index (χ2v) is 4.69. The van der Waals surface area contributed by atoms with Crippen molar-refractivity contribution in [3.8, 4) is 0 Å². The van der Waals surface area contributed by atoms with Gasteiger partial charge >= 0.3 is 0 Å². The monoisotopic (exact) mass is 272 g/mol. The molecule has 19 heavy (non-hydrogen) atoms. The average molecular weight is 272 g/mol. The van der Waals surface area contributed by atoms with Crippen LogP contribution in [0.4, 0.5) is 0 Å². The first-order chi connectivity index (χ1) is 8.98. The smallest absolute Gasteiger partial charge is 0.229 e. The molecule has 1 fully saturated rings. The zero-order chi connectivity index (χ0) is 14.5. The minimum atomic E-state index is -1.05. The molecule has 3 amide bonds. The summed E-state index contributed by atoms with van der Waals surface area (Å²) in [6.45, 7) is 1.04. The van der Waals surface area contributed by atoms with Gasteiger partial charge in [-0.1, -0.05) is 6.92 Å². The van der Waals surface area contributed by atoms with Gasteiger partial charge in [0.25, 0.3) is 0 Å². The number of imide groups is 1. The van der Waals surface area contributed by atoms with Gasteiger partial charge in [0.1, 0.15) is 0 Å². The second-order valence-electron chi connectivity index (χ2n) is 4.69. The number of aliphatic hydroxyl groups excluding tert-OH is 2. The highest BCUT2D eigenvalue weighted by Gasteiger charge is 2.31. The average Bonchev–Trinajstić information content (AvgIpc) is 2.73. The Morgan fingerprint density at radius 2 is 1.79 bits per heavy atom. The lowest BCUT2D eigenvalue weighted by Crippen LogP contribution is -2.54. The van der Waals surface area contributed by atoms with E-state index in [1.54, 1.807) is 6.92 Å². The zero-order valence-electron chi connectivity index (χ0n) is 11.0. The van der Waals surface area contributed by atoms with Crippen molar-refractivity contribution in [2.24, 2.45) is 0 Å². The molecule has 0 radical (unpaired) electrons. The quantitative estimate of drug-likeness (QED) is 0.503. The SMILES string of the molecule is CCC(CO)(CO)NC(=O)CCN1C(=O)CCC1=O. The Kier molecular flexibility index (Phi) is 5.44. The summed E-state index contributed by atoms with van der Waals surface area (Å²) >= 11 is 0. The fourth-order valence-corrected chi connectivity index (χ4v) is 1.88. The van der Waals surface area contributed by atoms with Crippen LogP contribution in [0.5, 0.6) is 0 Å². The van der Waals surface area contributed by atoms with Crippen LogP contribution in [-0.2, 0) is 14.4 Å². The zero-order valence-corrected chi connectivity index (χ0v) is 11.0. The van der Waals surface area contributed by atoms with E-state index in [1.165, 1.54) is 0 Å². The first kappa shape index (κ1) is 15.6. The number of carbonyl (C=O) groups is 3. The molecule has 0 spiro atoms. The van der Waals surface area contributed by atoms with Crippen molar-refractivity contribution in [1.29, 1.82) is 0 Å². The highest BCUT2D eigenvalue weighted by atomic mass is 16.3. The van der Waals surface area contributed by atoms with E-state index in [-0.39, 0.29) is 50.8 Å². The summed E-state index contributed by atoms with van der Waals surface area (Å²) in [6.07, 6.45) is 0.756. The first-order valence-corrected chi connectivity index (χ1v) is 6.34. The Labute approximate surface area is 111 Å². The van der Waals surface area contributed by atoms with Crippen molar-refractivity contribution in [2.75, 3.05) is 19.8 Å². The van der Waals surface area contributed by atoms with Crippen molar-refractivity contribution in [2.45, 2.75) is 38.1 Å². The maximum absolute atomic E-state index is 11.7. The molecule has 0 aromatic carbocycles. The van der Waals surface area contributed by atoms with E-state index in [1.807, 2.05) is 0 Å². The van der Waals surface area contributed by atoms with Crippen LogP contribution in [0.25, 0.3) is 0 Å². The van der Waals surface area contributed by atoms with Crippen LogP contribution in [0.2, 0.25) is 0 Å². The van der Waals surface area contributed by atoms with Crippen molar-refractivity contribution in [3.05, 3.63) is 0 Å². The molecule has 1 heterocycles. The number of nitrogens with zero attached hydrogens (tertiary/aromatic N) is 1. The lowest BCUT2D eigenvalue weighted by molar-refractivity contribution is -0.138. The van der Waals surface area contributed by atoms with Gasteiger partial charge in [0.2, 0.25) is 17.7 Å². The molecule has 0 bridgehead atoms. The molecule has 1 rings (SSSR count). The van der Waals surface area contributed by atoms with Crippen molar-refractivity contribution < 1.29 is 24.6 Å². The summed E-state index contributed by atoms with van der Waals surface area (Å²) in [7, 11) is 0. The fourth-order valence-electron chi connectivity index (χ4n) is 1.88. The van der Waals surface area contributed by atoms with E-state index >= 15 is 0 Å². The number of amides is 3. The van der Waals surface area contributed by atoms with Gasteiger partial charge in [0.15, 0.2) is 0 Å². The van der Waals surface area contributed by atoms with Gasteiger partial charge in [-0.3, -0.25) is 19.3 Å². The van der Waals surface area contributed by atoms with Gasteiger partial charge in [0.05, 0.1) is 18.8 Å². The molecule has 0 unspecified atom stereocenters. The summed E-state index contributed by atoms with van der Waals surface area (Å²) in [5, 5.41) is 20.9. The molecule has 3 N–H and O–H groups in total. The highest BCUT2D eigenvalue weighted by Crippen LogP contribution is 2.13. The van der Waals surface area contributed by atoms with Crippen LogP contribution in [0, 0.1) is 0 Å². The van der Waals surface area contributed by atoms with E-state index in [0.29, 0.717) is 6.42 Å². The third-order valence-corrected chi connectivity index (χ3v) is 3.40. The number of nitrogens with one attached hydrogen (secondary N) is 1. The molecule has 1 aliphatic rings. The summed E-state index contributed by atoms with van der Waals surface area (Å²) in [6, 6.07) is 0. The number of likely N-dealkylation sites (tertiary alicyclic amines) is 1. The molecule has 1 aliphatic heterocycles. The van der Waals surface area contributed by atoms with Gasteiger partial charge < -0.3 is 15.5 Å². The van der Waals surface area contributed by atoms with Crippen LogP contribution in [0.3, 0.4) is 0 Å². The number of hydrogen-bond acceptors (Lipinski definition) is 5. The third kappa shape index (κ3) is 3.74. The van der Waals surface area contributed by atoms with Crippen LogP contribution >= 0.6 is 0 Å². The summed E-state index contributed by atoms with van der Waals surface area (Å²) < 4.78 is 0. The van der Waals surface area contributed by atoms with Gasteiger partial charge in [-0.25, -0.2) is 0 Å². The fraction of sp³-hybridized carbons (Fsp3) is 0.750. The maximum atomic E-state index is 11.7. The minimum Gasteiger partial charge on any atom is -0.394 e. The van der Waals surface area contributed by atoms with E-state index in [4.69, 9.17) is 0 Å². The molecule has 0 aromatic heterocycles. The highest BCUT2D eigenvalue weighted by molar-refractivity contribution is 6.02. The second kappa shape index (κ2) is 6.63. The standard InChI is InChI=1S/C12H20N2O5/c1-2-12(7-15,8-16)13-9(17)5-6-14-10(18)3-4-11(14)19/h15-16H,2-8H2,1H3,(H,13,17). The molecule has 0 saturated carbocycles. The molecule has 7 nitrogen and oxygen atoms in total. The minimum absolute atomic E-state index is 0.0285. The third-order valence-electron chi connectivity index (χ3n) is 3.40. The van der Waals surface area contributed by atoms with Gasteiger partial charge in [-0.15, -0.1) is 0 Å². The van der Waals surface area contributed by atoms with Crippen LogP contribution in [0.15, 0.2) is 0 Å². The molecular weight excluding hydrogens is 252 g/mol.